The van der Waals surface area contributed by atoms with E-state index in [-0.39, 0.29) is 11.9 Å². The quantitative estimate of drug-likeness (QED) is 0.887. The van der Waals surface area contributed by atoms with Crippen LogP contribution in [0.4, 0.5) is 5.82 Å². The summed E-state index contributed by atoms with van der Waals surface area (Å²) in [5, 5.41) is 7.27. The normalized spacial score (nSPS) is 20.9. The number of anilines is 1. The summed E-state index contributed by atoms with van der Waals surface area (Å²) in [6.07, 6.45) is 5.06. The van der Waals surface area contributed by atoms with Crippen LogP contribution in [0.1, 0.15) is 31.7 Å². The number of carbonyl (C=O) groups excluding carboxylic acids is 1. The number of likely N-dealkylation sites (N-methyl/N-ethyl adjacent to an activating group) is 1. The molecule has 1 unspecified atom stereocenters. The minimum atomic E-state index is -0.00152. The highest BCUT2D eigenvalue weighted by molar-refractivity contribution is 5.94. The van der Waals surface area contributed by atoms with Crippen LogP contribution in [0.15, 0.2) is 6.20 Å². The van der Waals surface area contributed by atoms with Crippen molar-refractivity contribution in [3.8, 4) is 0 Å². The van der Waals surface area contributed by atoms with E-state index in [0.29, 0.717) is 0 Å². The molecule has 1 aromatic rings. The van der Waals surface area contributed by atoms with Gasteiger partial charge >= 0.3 is 0 Å². The third kappa shape index (κ3) is 2.56. The summed E-state index contributed by atoms with van der Waals surface area (Å²) in [7, 11) is 2.02. The maximum atomic E-state index is 12.3. The first-order valence-corrected chi connectivity index (χ1v) is 6.67. The van der Waals surface area contributed by atoms with Crippen LogP contribution in [0.25, 0.3) is 0 Å². The molecule has 0 aliphatic carbocycles. The zero-order chi connectivity index (χ0) is 13.1. The number of nitrogens with zero attached hydrogens (tertiary/aromatic N) is 3. The molecule has 1 atom stereocenters. The second-order valence-electron chi connectivity index (χ2n) is 4.97. The van der Waals surface area contributed by atoms with E-state index in [4.69, 9.17) is 0 Å². The summed E-state index contributed by atoms with van der Waals surface area (Å²) in [5.74, 6) is 0.928. The van der Waals surface area contributed by atoms with E-state index in [2.05, 4.69) is 15.3 Å². The van der Waals surface area contributed by atoms with E-state index in [1.165, 1.54) is 6.42 Å². The SMILES string of the molecule is CCn1ncc(C)c1NC(=O)C1CCCCN1C. The maximum absolute atomic E-state index is 12.3. The van der Waals surface area contributed by atoms with Gasteiger partial charge in [0.25, 0.3) is 0 Å². The van der Waals surface area contributed by atoms with Crippen molar-refractivity contribution in [2.45, 2.75) is 45.7 Å². The lowest BCUT2D eigenvalue weighted by molar-refractivity contribution is -0.121. The highest BCUT2D eigenvalue weighted by atomic mass is 16.2. The highest BCUT2D eigenvalue weighted by Gasteiger charge is 2.26. The molecule has 1 fully saturated rings. The second kappa shape index (κ2) is 5.52. The van der Waals surface area contributed by atoms with Crippen LogP contribution in [0.5, 0.6) is 0 Å². The first kappa shape index (κ1) is 13.1. The molecule has 1 aliphatic rings. The Morgan fingerprint density at radius 2 is 2.33 bits per heavy atom. The summed E-state index contributed by atoms with van der Waals surface area (Å²) >= 11 is 0. The van der Waals surface area contributed by atoms with E-state index in [9.17, 15) is 4.79 Å². The Morgan fingerprint density at radius 1 is 1.56 bits per heavy atom. The average Bonchev–Trinajstić information content (AvgIpc) is 2.71. The summed E-state index contributed by atoms with van der Waals surface area (Å²) in [4.78, 5) is 14.4. The Labute approximate surface area is 108 Å². The monoisotopic (exact) mass is 250 g/mol. The minimum Gasteiger partial charge on any atom is -0.309 e. The Bertz CT molecular complexity index is 427. The van der Waals surface area contributed by atoms with E-state index in [1.807, 2.05) is 25.6 Å². The molecule has 2 rings (SSSR count). The summed E-state index contributed by atoms with van der Waals surface area (Å²) in [6.45, 7) is 5.77. The van der Waals surface area contributed by atoms with Gasteiger partial charge < -0.3 is 5.32 Å². The van der Waals surface area contributed by atoms with Gasteiger partial charge in [-0.3, -0.25) is 9.69 Å². The average molecular weight is 250 g/mol. The van der Waals surface area contributed by atoms with Crippen molar-refractivity contribution in [1.29, 1.82) is 0 Å². The molecule has 5 nitrogen and oxygen atoms in total. The third-order valence-electron chi connectivity index (χ3n) is 3.64. The molecule has 0 radical (unpaired) electrons. The number of likely N-dealkylation sites (tertiary alicyclic amines) is 1. The predicted molar refractivity (Wildman–Crippen MR) is 71.5 cm³/mol. The molecule has 1 aromatic heterocycles. The van der Waals surface area contributed by atoms with Crippen molar-refractivity contribution in [3.63, 3.8) is 0 Å². The molecule has 1 saturated heterocycles. The summed E-state index contributed by atoms with van der Waals surface area (Å²) in [6, 6.07) is -0.00152. The van der Waals surface area contributed by atoms with Gasteiger partial charge in [0, 0.05) is 12.1 Å². The Kier molecular flexibility index (Phi) is 4.01. The van der Waals surface area contributed by atoms with E-state index >= 15 is 0 Å². The molecule has 1 N–H and O–H groups in total. The zero-order valence-corrected chi connectivity index (χ0v) is 11.4. The molecule has 0 bridgehead atoms. The number of amides is 1. The third-order valence-corrected chi connectivity index (χ3v) is 3.64. The Hall–Kier alpha value is -1.36. The Balaban J connectivity index is 2.08. The fraction of sp³-hybridized carbons (Fsp3) is 0.692. The lowest BCUT2D eigenvalue weighted by Gasteiger charge is -2.31. The van der Waals surface area contributed by atoms with Gasteiger partial charge in [-0.1, -0.05) is 6.42 Å². The first-order valence-electron chi connectivity index (χ1n) is 6.67. The number of carbonyl (C=O) groups is 1. The number of aryl methyl sites for hydroxylation is 2. The predicted octanol–water partition coefficient (Wildman–Crippen LogP) is 1.63. The van der Waals surface area contributed by atoms with Crippen LogP contribution < -0.4 is 5.32 Å². The van der Waals surface area contributed by atoms with Gasteiger partial charge in [-0.25, -0.2) is 4.68 Å². The van der Waals surface area contributed by atoms with Crippen molar-refractivity contribution >= 4 is 11.7 Å². The molecule has 1 aliphatic heterocycles. The Morgan fingerprint density at radius 3 is 3.00 bits per heavy atom. The molecule has 0 spiro atoms. The fourth-order valence-corrected chi connectivity index (χ4v) is 2.49. The molecular formula is C13H22N4O. The van der Waals surface area contributed by atoms with Crippen LogP contribution in [-0.4, -0.2) is 40.2 Å². The minimum absolute atomic E-state index is 0.00152. The van der Waals surface area contributed by atoms with Gasteiger partial charge in [0.2, 0.25) is 5.91 Å². The van der Waals surface area contributed by atoms with Crippen LogP contribution >= 0.6 is 0 Å². The molecule has 2 heterocycles. The van der Waals surface area contributed by atoms with Gasteiger partial charge in [0.15, 0.2) is 0 Å². The van der Waals surface area contributed by atoms with Gasteiger partial charge in [0.1, 0.15) is 5.82 Å². The van der Waals surface area contributed by atoms with Crippen LogP contribution in [0.3, 0.4) is 0 Å². The van der Waals surface area contributed by atoms with E-state index < -0.39 is 0 Å². The van der Waals surface area contributed by atoms with Crippen molar-refractivity contribution < 1.29 is 4.79 Å². The van der Waals surface area contributed by atoms with Crippen LogP contribution in [-0.2, 0) is 11.3 Å². The van der Waals surface area contributed by atoms with E-state index in [0.717, 1.165) is 37.3 Å². The van der Waals surface area contributed by atoms with Crippen molar-refractivity contribution in [3.05, 3.63) is 11.8 Å². The first-order chi connectivity index (χ1) is 8.63. The highest BCUT2D eigenvalue weighted by Crippen LogP contribution is 2.19. The summed E-state index contributed by atoms with van der Waals surface area (Å²) in [5.41, 5.74) is 1.02. The zero-order valence-electron chi connectivity index (χ0n) is 11.4. The molecule has 1 amide bonds. The number of hydrogen-bond donors (Lipinski definition) is 1. The topological polar surface area (TPSA) is 50.2 Å². The number of hydrogen-bond acceptors (Lipinski definition) is 3. The lowest BCUT2D eigenvalue weighted by Crippen LogP contribution is -2.45. The second-order valence-corrected chi connectivity index (χ2v) is 4.97. The molecule has 5 heteroatoms. The van der Waals surface area contributed by atoms with Gasteiger partial charge in [-0.15, -0.1) is 0 Å². The molecule has 0 aromatic carbocycles. The van der Waals surface area contributed by atoms with Crippen LogP contribution in [0.2, 0.25) is 0 Å². The van der Waals surface area contributed by atoms with Gasteiger partial charge in [0.05, 0.1) is 12.2 Å². The molecule has 18 heavy (non-hydrogen) atoms. The molecular weight excluding hydrogens is 228 g/mol. The van der Waals surface area contributed by atoms with Gasteiger partial charge in [-0.05, 0) is 40.3 Å². The van der Waals surface area contributed by atoms with Crippen molar-refractivity contribution in [2.75, 3.05) is 18.9 Å². The number of nitrogens with one attached hydrogen (secondary N) is 1. The van der Waals surface area contributed by atoms with Crippen molar-refractivity contribution in [1.82, 2.24) is 14.7 Å². The molecule has 100 valence electrons. The standard InChI is InChI=1S/C13H22N4O/c1-4-17-12(10(2)9-14-17)15-13(18)11-7-5-6-8-16(11)3/h9,11H,4-8H2,1-3H3,(H,15,18). The lowest BCUT2D eigenvalue weighted by atomic mass is 10.0. The number of piperidine rings is 1. The molecule has 0 saturated carbocycles. The van der Waals surface area contributed by atoms with E-state index in [1.54, 1.807) is 6.20 Å². The number of aromatic nitrogens is 2. The maximum Gasteiger partial charge on any atom is 0.242 e. The largest absolute Gasteiger partial charge is 0.309 e. The fourth-order valence-electron chi connectivity index (χ4n) is 2.49. The van der Waals surface area contributed by atoms with Crippen molar-refractivity contribution in [2.24, 2.45) is 0 Å². The number of rotatable bonds is 3. The summed E-state index contributed by atoms with van der Waals surface area (Å²) < 4.78 is 1.83. The van der Waals surface area contributed by atoms with Crippen LogP contribution in [0, 0.1) is 6.92 Å². The van der Waals surface area contributed by atoms with Gasteiger partial charge in [-0.2, -0.15) is 5.10 Å². The smallest absolute Gasteiger partial charge is 0.242 e.